The van der Waals surface area contributed by atoms with Crippen molar-refractivity contribution in [2.45, 2.75) is 13.3 Å². The van der Waals surface area contributed by atoms with Gasteiger partial charge in [-0.15, -0.1) is 0 Å². The molecule has 0 atom stereocenters. The Balaban J connectivity index is 1.65. The van der Waals surface area contributed by atoms with Crippen LogP contribution in [0.4, 0.5) is 10.5 Å². The second kappa shape index (κ2) is 8.58. The van der Waals surface area contributed by atoms with Crippen LogP contribution in [0.5, 0.6) is 5.75 Å². The zero-order valence-electron chi connectivity index (χ0n) is 15.8. The molecule has 142 valence electrons. The maximum Gasteiger partial charge on any atom is 0.321 e. The molecular formula is C21H25N3O3. The summed E-state index contributed by atoms with van der Waals surface area (Å²) in [5, 5.41) is 2.90. The smallest absolute Gasteiger partial charge is 0.321 e. The van der Waals surface area contributed by atoms with E-state index in [1.165, 1.54) is 0 Å². The average molecular weight is 367 g/mol. The number of nitrogens with one attached hydrogen (secondary N) is 1. The molecule has 1 N–H and O–H groups in total. The molecule has 1 saturated heterocycles. The highest BCUT2D eigenvalue weighted by Crippen LogP contribution is 2.22. The highest BCUT2D eigenvalue weighted by molar-refractivity contribution is 5.97. The maximum atomic E-state index is 13.0. The van der Waals surface area contributed by atoms with Gasteiger partial charge in [-0.1, -0.05) is 29.8 Å². The Bertz CT molecular complexity index is 808. The number of benzene rings is 2. The van der Waals surface area contributed by atoms with Crippen molar-refractivity contribution in [3.8, 4) is 5.75 Å². The third-order valence-corrected chi connectivity index (χ3v) is 4.68. The van der Waals surface area contributed by atoms with Gasteiger partial charge in [-0.2, -0.15) is 0 Å². The molecule has 3 amide bonds. The largest absolute Gasteiger partial charge is 0.496 e. The van der Waals surface area contributed by atoms with Crippen molar-refractivity contribution in [1.29, 1.82) is 0 Å². The number of amides is 3. The van der Waals surface area contributed by atoms with Crippen LogP contribution in [0.3, 0.4) is 0 Å². The van der Waals surface area contributed by atoms with Gasteiger partial charge in [0.2, 0.25) is 0 Å². The van der Waals surface area contributed by atoms with Gasteiger partial charge in [0.1, 0.15) is 5.75 Å². The molecule has 1 aliphatic rings. The molecule has 1 fully saturated rings. The highest BCUT2D eigenvalue weighted by Gasteiger charge is 2.24. The monoisotopic (exact) mass is 367 g/mol. The number of para-hydroxylation sites is 1. The number of anilines is 1. The highest BCUT2D eigenvalue weighted by atomic mass is 16.5. The minimum Gasteiger partial charge on any atom is -0.496 e. The van der Waals surface area contributed by atoms with Crippen molar-refractivity contribution < 1.29 is 14.3 Å². The van der Waals surface area contributed by atoms with E-state index in [4.69, 9.17) is 4.74 Å². The standard InChI is InChI=1S/C21H25N3O3/c1-16-9-10-19(27-2)18(15-16)20(25)23-11-6-12-24(14-13-23)21(26)22-17-7-4-3-5-8-17/h3-5,7-10,15H,6,11-14H2,1-2H3,(H,22,26). The van der Waals surface area contributed by atoms with Crippen LogP contribution in [0.15, 0.2) is 48.5 Å². The molecule has 2 aromatic rings. The van der Waals surface area contributed by atoms with Gasteiger partial charge in [0.25, 0.3) is 5.91 Å². The summed E-state index contributed by atoms with van der Waals surface area (Å²) in [6.45, 7) is 4.18. The lowest BCUT2D eigenvalue weighted by Gasteiger charge is -2.23. The number of methoxy groups -OCH3 is 1. The van der Waals surface area contributed by atoms with Crippen molar-refractivity contribution in [1.82, 2.24) is 9.80 Å². The number of urea groups is 1. The fraction of sp³-hybridized carbons (Fsp3) is 0.333. The zero-order valence-corrected chi connectivity index (χ0v) is 15.8. The number of rotatable bonds is 3. The SMILES string of the molecule is COc1ccc(C)cc1C(=O)N1CCCN(C(=O)Nc2ccccc2)CC1. The first-order valence-corrected chi connectivity index (χ1v) is 9.13. The van der Waals surface area contributed by atoms with Crippen molar-refractivity contribution in [2.24, 2.45) is 0 Å². The Morgan fingerprint density at radius 1 is 0.963 bits per heavy atom. The van der Waals surface area contributed by atoms with Gasteiger partial charge in [0.05, 0.1) is 12.7 Å². The van der Waals surface area contributed by atoms with E-state index >= 15 is 0 Å². The van der Waals surface area contributed by atoms with Crippen molar-refractivity contribution in [3.63, 3.8) is 0 Å². The minimum atomic E-state index is -0.136. The third kappa shape index (κ3) is 4.58. The molecule has 0 radical (unpaired) electrons. The number of nitrogens with zero attached hydrogens (tertiary/aromatic N) is 2. The van der Waals surface area contributed by atoms with E-state index in [1.54, 1.807) is 16.9 Å². The Kier molecular flexibility index (Phi) is 5.96. The van der Waals surface area contributed by atoms with E-state index in [0.717, 1.165) is 17.7 Å². The Labute approximate surface area is 159 Å². The molecular weight excluding hydrogens is 342 g/mol. The van der Waals surface area contributed by atoms with Crippen LogP contribution in [0.1, 0.15) is 22.3 Å². The fourth-order valence-corrected chi connectivity index (χ4v) is 3.21. The molecule has 6 nitrogen and oxygen atoms in total. The predicted octanol–water partition coefficient (Wildman–Crippen LogP) is 3.38. The molecule has 3 rings (SSSR count). The summed E-state index contributed by atoms with van der Waals surface area (Å²) in [4.78, 5) is 29.0. The summed E-state index contributed by atoms with van der Waals surface area (Å²) in [5.41, 5.74) is 2.35. The van der Waals surface area contributed by atoms with E-state index in [1.807, 2.05) is 55.5 Å². The van der Waals surface area contributed by atoms with Gasteiger partial charge in [0, 0.05) is 31.9 Å². The van der Waals surface area contributed by atoms with E-state index in [9.17, 15) is 9.59 Å². The Morgan fingerprint density at radius 2 is 1.67 bits per heavy atom. The number of ether oxygens (including phenoxy) is 1. The lowest BCUT2D eigenvalue weighted by Crippen LogP contribution is -2.39. The lowest BCUT2D eigenvalue weighted by atomic mass is 10.1. The molecule has 1 aliphatic heterocycles. The van der Waals surface area contributed by atoms with Gasteiger partial charge in [0.15, 0.2) is 0 Å². The first-order chi connectivity index (χ1) is 13.1. The van der Waals surface area contributed by atoms with Crippen LogP contribution in [-0.4, -0.2) is 55.0 Å². The quantitative estimate of drug-likeness (QED) is 0.905. The summed E-state index contributed by atoms with van der Waals surface area (Å²) in [5.74, 6) is 0.523. The van der Waals surface area contributed by atoms with E-state index in [2.05, 4.69) is 5.32 Å². The summed E-state index contributed by atoms with van der Waals surface area (Å²) < 4.78 is 5.35. The first-order valence-electron chi connectivity index (χ1n) is 9.13. The number of carbonyl (C=O) groups excluding carboxylic acids is 2. The summed E-state index contributed by atoms with van der Waals surface area (Å²) in [6.07, 6.45) is 0.738. The average Bonchev–Trinajstić information content (AvgIpc) is 2.94. The van der Waals surface area contributed by atoms with E-state index in [-0.39, 0.29) is 11.9 Å². The lowest BCUT2D eigenvalue weighted by molar-refractivity contribution is 0.0759. The molecule has 0 saturated carbocycles. The zero-order chi connectivity index (χ0) is 19.2. The Morgan fingerprint density at radius 3 is 2.41 bits per heavy atom. The Hall–Kier alpha value is -3.02. The van der Waals surface area contributed by atoms with E-state index in [0.29, 0.717) is 37.5 Å². The number of carbonyl (C=O) groups is 2. The maximum absolute atomic E-state index is 13.0. The van der Waals surface area contributed by atoms with Crippen molar-refractivity contribution in [3.05, 3.63) is 59.7 Å². The molecule has 0 bridgehead atoms. The molecule has 27 heavy (non-hydrogen) atoms. The third-order valence-electron chi connectivity index (χ3n) is 4.68. The van der Waals surface area contributed by atoms with Gasteiger partial charge in [-0.05, 0) is 37.6 Å². The number of aryl methyl sites for hydroxylation is 1. The first kappa shape index (κ1) is 18.8. The van der Waals surface area contributed by atoms with Gasteiger partial charge in [-0.3, -0.25) is 4.79 Å². The molecule has 0 aliphatic carbocycles. The number of hydrogen-bond donors (Lipinski definition) is 1. The molecule has 6 heteroatoms. The van der Waals surface area contributed by atoms with Gasteiger partial charge < -0.3 is 19.9 Å². The molecule has 0 aromatic heterocycles. The molecule has 0 unspecified atom stereocenters. The predicted molar refractivity (Wildman–Crippen MR) is 105 cm³/mol. The van der Waals surface area contributed by atoms with Crippen LogP contribution in [0.25, 0.3) is 0 Å². The molecule has 1 heterocycles. The summed E-state index contributed by atoms with van der Waals surface area (Å²) in [7, 11) is 1.57. The van der Waals surface area contributed by atoms with Gasteiger partial charge >= 0.3 is 6.03 Å². The van der Waals surface area contributed by atoms with Crippen LogP contribution >= 0.6 is 0 Å². The summed E-state index contributed by atoms with van der Waals surface area (Å²) >= 11 is 0. The van der Waals surface area contributed by atoms with Gasteiger partial charge in [-0.25, -0.2) is 4.79 Å². The van der Waals surface area contributed by atoms with Crippen molar-refractivity contribution in [2.75, 3.05) is 38.6 Å². The van der Waals surface area contributed by atoms with Crippen LogP contribution < -0.4 is 10.1 Å². The van der Waals surface area contributed by atoms with Crippen LogP contribution in [-0.2, 0) is 0 Å². The fourth-order valence-electron chi connectivity index (χ4n) is 3.21. The van der Waals surface area contributed by atoms with Crippen molar-refractivity contribution >= 4 is 17.6 Å². The van der Waals surface area contributed by atoms with E-state index < -0.39 is 0 Å². The second-order valence-electron chi connectivity index (χ2n) is 6.63. The normalized spacial score (nSPS) is 14.4. The molecule has 0 spiro atoms. The number of hydrogen-bond acceptors (Lipinski definition) is 3. The topological polar surface area (TPSA) is 61.9 Å². The van der Waals surface area contributed by atoms with Crippen LogP contribution in [0.2, 0.25) is 0 Å². The minimum absolute atomic E-state index is 0.0548. The van der Waals surface area contributed by atoms with Crippen LogP contribution in [0, 0.1) is 6.92 Å². The summed E-state index contributed by atoms with van der Waals surface area (Å²) in [6, 6.07) is 14.8. The second-order valence-corrected chi connectivity index (χ2v) is 6.63. The molecule has 2 aromatic carbocycles.